The molecular formula is C6H7NO2. The summed E-state index contributed by atoms with van der Waals surface area (Å²) in [6.45, 7) is 1.85. The van der Waals surface area contributed by atoms with Crippen LogP contribution in [0.15, 0.2) is 24.9 Å². The molecule has 2 aliphatic rings. The van der Waals surface area contributed by atoms with Gasteiger partial charge >= 0.3 is 5.91 Å². The standard InChI is InChI=1S/C6H7NO2/c1-6-7(2-4-8-6)3-5-9-6/h2-5H,1H3. The van der Waals surface area contributed by atoms with Crippen LogP contribution in [0.2, 0.25) is 0 Å². The number of nitrogens with zero attached hydrogens (tertiary/aromatic N) is 1. The zero-order chi connectivity index (χ0) is 6.32. The van der Waals surface area contributed by atoms with E-state index in [2.05, 4.69) is 0 Å². The largest absolute Gasteiger partial charge is 0.441 e. The van der Waals surface area contributed by atoms with Crippen molar-refractivity contribution in [1.29, 1.82) is 0 Å². The average molecular weight is 125 g/mol. The lowest BCUT2D eigenvalue weighted by molar-refractivity contribution is -0.190. The van der Waals surface area contributed by atoms with E-state index >= 15 is 0 Å². The molecule has 0 bridgehead atoms. The second-order valence-corrected chi connectivity index (χ2v) is 2.11. The third-order valence-electron chi connectivity index (χ3n) is 1.49. The second-order valence-electron chi connectivity index (χ2n) is 2.11. The molecule has 0 aromatic rings. The van der Waals surface area contributed by atoms with Gasteiger partial charge in [-0.1, -0.05) is 0 Å². The highest BCUT2D eigenvalue weighted by atomic mass is 16.7. The molecule has 2 heterocycles. The Bertz CT molecular complexity index is 169. The fraction of sp³-hybridized carbons (Fsp3) is 0.333. The molecular weight excluding hydrogens is 118 g/mol. The Morgan fingerprint density at radius 3 is 2.22 bits per heavy atom. The predicted molar refractivity (Wildman–Crippen MR) is 30.7 cm³/mol. The van der Waals surface area contributed by atoms with Crippen LogP contribution < -0.4 is 0 Å². The molecule has 2 rings (SSSR count). The first-order valence-corrected chi connectivity index (χ1v) is 2.79. The molecule has 0 amide bonds. The Morgan fingerprint density at radius 2 is 1.78 bits per heavy atom. The first-order valence-electron chi connectivity index (χ1n) is 2.79. The minimum Gasteiger partial charge on any atom is -0.441 e. The molecule has 0 aromatic heterocycles. The first kappa shape index (κ1) is 4.73. The van der Waals surface area contributed by atoms with Gasteiger partial charge in [0.25, 0.3) is 0 Å². The molecule has 0 spiro atoms. The maximum Gasteiger partial charge on any atom is 0.337 e. The van der Waals surface area contributed by atoms with Crippen LogP contribution in [0.5, 0.6) is 0 Å². The van der Waals surface area contributed by atoms with Crippen LogP contribution in [-0.2, 0) is 9.47 Å². The van der Waals surface area contributed by atoms with Crippen LogP contribution in [0.4, 0.5) is 0 Å². The number of rotatable bonds is 0. The van der Waals surface area contributed by atoms with Crippen LogP contribution in [0, 0.1) is 0 Å². The Morgan fingerprint density at radius 1 is 1.22 bits per heavy atom. The lowest BCUT2D eigenvalue weighted by atomic mass is 10.5. The molecule has 0 unspecified atom stereocenters. The van der Waals surface area contributed by atoms with Gasteiger partial charge in [-0.05, 0) is 0 Å². The summed E-state index contributed by atoms with van der Waals surface area (Å²) >= 11 is 0. The lowest BCUT2D eigenvalue weighted by Crippen LogP contribution is -2.35. The highest BCUT2D eigenvalue weighted by molar-refractivity contribution is 5.01. The van der Waals surface area contributed by atoms with Crippen LogP contribution in [0.3, 0.4) is 0 Å². The van der Waals surface area contributed by atoms with E-state index in [9.17, 15) is 0 Å². The summed E-state index contributed by atoms with van der Waals surface area (Å²) in [5, 5.41) is 0. The van der Waals surface area contributed by atoms with E-state index in [1.54, 1.807) is 12.5 Å². The van der Waals surface area contributed by atoms with Gasteiger partial charge in [-0.2, -0.15) is 0 Å². The highest BCUT2D eigenvalue weighted by Crippen LogP contribution is 2.29. The molecule has 48 valence electrons. The van der Waals surface area contributed by atoms with Crippen LogP contribution in [0.1, 0.15) is 6.92 Å². The van der Waals surface area contributed by atoms with Crippen molar-refractivity contribution in [3.8, 4) is 0 Å². The molecule has 0 atom stereocenters. The smallest absolute Gasteiger partial charge is 0.337 e. The average Bonchev–Trinajstić information content (AvgIpc) is 2.22. The summed E-state index contributed by atoms with van der Waals surface area (Å²) in [6.07, 6.45) is 6.88. The number of hydrogen-bond acceptors (Lipinski definition) is 3. The second kappa shape index (κ2) is 1.23. The zero-order valence-electron chi connectivity index (χ0n) is 5.07. The Kier molecular flexibility index (Phi) is 0.649. The fourth-order valence-corrected chi connectivity index (χ4v) is 0.914. The van der Waals surface area contributed by atoms with E-state index in [-0.39, 0.29) is 0 Å². The molecule has 0 radical (unpaired) electrons. The van der Waals surface area contributed by atoms with E-state index < -0.39 is 5.91 Å². The molecule has 0 saturated carbocycles. The van der Waals surface area contributed by atoms with E-state index in [1.165, 1.54) is 0 Å². The molecule has 0 saturated heterocycles. The molecule has 0 N–H and O–H groups in total. The normalized spacial score (nSPS) is 25.7. The fourth-order valence-electron chi connectivity index (χ4n) is 0.914. The van der Waals surface area contributed by atoms with E-state index in [0.29, 0.717) is 0 Å². The number of hydrogen-bond donors (Lipinski definition) is 0. The van der Waals surface area contributed by atoms with E-state index in [0.717, 1.165) is 0 Å². The van der Waals surface area contributed by atoms with Gasteiger partial charge in [-0.15, -0.1) is 0 Å². The third-order valence-corrected chi connectivity index (χ3v) is 1.49. The zero-order valence-corrected chi connectivity index (χ0v) is 5.07. The van der Waals surface area contributed by atoms with E-state index in [1.807, 2.05) is 24.2 Å². The molecule has 0 fully saturated rings. The minimum atomic E-state index is -0.583. The van der Waals surface area contributed by atoms with Gasteiger partial charge in [0.15, 0.2) is 0 Å². The van der Waals surface area contributed by atoms with Crippen molar-refractivity contribution in [3.05, 3.63) is 24.9 Å². The van der Waals surface area contributed by atoms with E-state index in [4.69, 9.17) is 9.47 Å². The van der Waals surface area contributed by atoms with Crippen molar-refractivity contribution < 1.29 is 9.47 Å². The monoisotopic (exact) mass is 125 g/mol. The quantitative estimate of drug-likeness (QED) is 0.481. The number of fused-ring (bicyclic) bond motifs is 1. The summed E-state index contributed by atoms with van der Waals surface area (Å²) < 4.78 is 10.2. The maximum atomic E-state index is 5.12. The SMILES string of the molecule is CC12OC=CN1C=CO2. The molecule has 3 heteroatoms. The van der Waals surface area contributed by atoms with Gasteiger partial charge in [0.2, 0.25) is 0 Å². The summed E-state index contributed by atoms with van der Waals surface area (Å²) in [6, 6.07) is 0. The van der Waals surface area contributed by atoms with Crippen molar-refractivity contribution in [2.24, 2.45) is 0 Å². The minimum absolute atomic E-state index is 0.583. The summed E-state index contributed by atoms with van der Waals surface area (Å²) in [5.74, 6) is -0.583. The Hall–Kier alpha value is -1.12. The molecule has 3 nitrogen and oxygen atoms in total. The van der Waals surface area contributed by atoms with Crippen molar-refractivity contribution >= 4 is 0 Å². The summed E-state index contributed by atoms with van der Waals surface area (Å²) in [5.41, 5.74) is 0. The molecule has 0 aromatic carbocycles. The molecule has 9 heavy (non-hydrogen) atoms. The van der Waals surface area contributed by atoms with Gasteiger partial charge in [0, 0.05) is 19.3 Å². The third kappa shape index (κ3) is 0.460. The molecule has 2 aliphatic heterocycles. The van der Waals surface area contributed by atoms with Crippen molar-refractivity contribution in [2.75, 3.05) is 0 Å². The van der Waals surface area contributed by atoms with Gasteiger partial charge in [-0.3, -0.25) is 4.90 Å². The van der Waals surface area contributed by atoms with Crippen molar-refractivity contribution in [1.82, 2.24) is 4.90 Å². The Labute approximate surface area is 53.2 Å². The van der Waals surface area contributed by atoms with Gasteiger partial charge in [0.1, 0.15) is 12.5 Å². The highest BCUT2D eigenvalue weighted by Gasteiger charge is 2.38. The Balaban J connectivity index is 2.31. The van der Waals surface area contributed by atoms with Gasteiger partial charge in [-0.25, -0.2) is 0 Å². The lowest BCUT2D eigenvalue weighted by Gasteiger charge is -2.24. The topological polar surface area (TPSA) is 21.7 Å². The first-order chi connectivity index (χ1) is 4.31. The van der Waals surface area contributed by atoms with Crippen molar-refractivity contribution in [2.45, 2.75) is 12.8 Å². The predicted octanol–water partition coefficient (Wildman–Crippen LogP) is 0.965. The van der Waals surface area contributed by atoms with Gasteiger partial charge < -0.3 is 9.47 Å². The maximum absolute atomic E-state index is 5.12. The van der Waals surface area contributed by atoms with Crippen LogP contribution in [-0.4, -0.2) is 10.8 Å². The summed E-state index contributed by atoms with van der Waals surface area (Å²) in [4.78, 5) is 1.85. The summed E-state index contributed by atoms with van der Waals surface area (Å²) in [7, 11) is 0. The van der Waals surface area contributed by atoms with Crippen LogP contribution in [0.25, 0.3) is 0 Å². The van der Waals surface area contributed by atoms with Crippen LogP contribution >= 0.6 is 0 Å². The van der Waals surface area contributed by atoms with Crippen molar-refractivity contribution in [3.63, 3.8) is 0 Å². The van der Waals surface area contributed by atoms with Gasteiger partial charge in [0.05, 0.1) is 0 Å². The number of ether oxygens (including phenoxy) is 2. The molecule has 0 aliphatic carbocycles.